The summed E-state index contributed by atoms with van der Waals surface area (Å²) in [6.45, 7) is 8.82. The third kappa shape index (κ3) is 4.54. The van der Waals surface area contributed by atoms with Crippen molar-refractivity contribution in [3.63, 3.8) is 0 Å². The molecular weight excluding hydrogens is 410 g/mol. The van der Waals surface area contributed by atoms with Crippen molar-refractivity contribution < 1.29 is 19.4 Å². The van der Waals surface area contributed by atoms with E-state index in [9.17, 15) is 14.7 Å². The standard InChI is InChI=1S/C25H31NO4S/c1-6-7-8-13-26-21(19-10-9-14-31-19)20(23(28)24(26)29)22(27)17-15-16(25(2,3)4)11-12-18(17)30-5/h9-12,14-15,21,27H,6-8,13H2,1-5H3/b22-20+. The quantitative estimate of drug-likeness (QED) is 0.260. The van der Waals surface area contributed by atoms with Gasteiger partial charge in [-0.25, -0.2) is 0 Å². The van der Waals surface area contributed by atoms with Gasteiger partial charge in [0.25, 0.3) is 11.7 Å². The fourth-order valence-electron chi connectivity index (χ4n) is 3.89. The Hall–Kier alpha value is -2.60. The molecule has 2 heterocycles. The van der Waals surface area contributed by atoms with E-state index in [4.69, 9.17) is 4.74 Å². The lowest BCUT2D eigenvalue weighted by molar-refractivity contribution is -0.139. The lowest BCUT2D eigenvalue weighted by Crippen LogP contribution is -2.30. The average molecular weight is 442 g/mol. The van der Waals surface area contributed by atoms with Crippen LogP contribution in [0.4, 0.5) is 0 Å². The zero-order valence-corrected chi connectivity index (χ0v) is 19.7. The summed E-state index contributed by atoms with van der Waals surface area (Å²) >= 11 is 1.48. The van der Waals surface area contributed by atoms with Crippen molar-refractivity contribution in [2.24, 2.45) is 0 Å². The third-order valence-electron chi connectivity index (χ3n) is 5.68. The smallest absolute Gasteiger partial charge is 0.295 e. The first-order valence-electron chi connectivity index (χ1n) is 10.7. The average Bonchev–Trinajstić information content (AvgIpc) is 3.34. The number of carbonyl (C=O) groups excluding carboxylic acids is 2. The van der Waals surface area contributed by atoms with Crippen LogP contribution in [-0.4, -0.2) is 35.4 Å². The number of amides is 1. The van der Waals surface area contributed by atoms with Crippen molar-refractivity contribution >= 4 is 28.8 Å². The van der Waals surface area contributed by atoms with E-state index in [-0.39, 0.29) is 16.7 Å². The molecule has 1 saturated heterocycles. The van der Waals surface area contributed by atoms with Gasteiger partial charge in [0.05, 0.1) is 24.3 Å². The first-order chi connectivity index (χ1) is 14.7. The molecule has 5 nitrogen and oxygen atoms in total. The minimum atomic E-state index is -0.643. The number of methoxy groups -OCH3 is 1. The van der Waals surface area contributed by atoms with Gasteiger partial charge in [-0.15, -0.1) is 11.3 Å². The van der Waals surface area contributed by atoms with Gasteiger partial charge in [0.1, 0.15) is 11.5 Å². The number of benzene rings is 1. The number of aliphatic hydroxyl groups is 1. The van der Waals surface area contributed by atoms with Crippen LogP contribution in [0.2, 0.25) is 0 Å². The third-order valence-corrected chi connectivity index (χ3v) is 6.60. The van der Waals surface area contributed by atoms with Crippen LogP contribution in [0, 0.1) is 0 Å². The first kappa shape index (κ1) is 23.1. The van der Waals surface area contributed by atoms with E-state index >= 15 is 0 Å². The van der Waals surface area contributed by atoms with Gasteiger partial charge in [-0.2, -0.15) is 0 Å². The molecule has 0 bridgehead atoms. The predicted molar refractivity (Wildman–Crippen MR) is 125 cm³/mol. The number of carbonyl (C=O) groups is 2. The molecule has 2 aromatic rings. The zero-order chi connectivity index (χ0) is 22.8. The Kier molecular flexibility index (Phi) is 6.90. The van der Waals surface area contributed by atoms with Gasteiger partial charge in [-0.1, -0.05) is 52.7 Å². The van der Waals surface area contributed by atoms with E-state index in [0.717, 1.165) is 29.7 Å². The van der Waals surface area contributed by atoms with Gasteiger partial charge in [-0.05, 0) is 41.0 Å². The van der Waals surface area contributed by atoms with Gasteiger partial charge in [-0.3, -0.25) is 9.59 Å². The molecule has 1 aromatic carbocycles. The van der Waals surface area contributed by atoms with E-state index in [1.54, 1.807) is 11.0 Å². The summed E-state index contributed by atoms with van der Waals surface area (Å²) < 4.78 is 5.49. The van der Waals surface area contributed by atoms with E-state index in [1.807, 2.05) is 29.6 Å². The Morgan fingerprint density at radius 3 is 2.52 bits per heavy atom. The lowest BCUT2D eigenvalue weighted by atomic mass is 9.85. The number of unbranched alkanes of at least 4 members (excludes halogenated alkanes) is 2. The van der Waals surface area contributed by atoms with E-state index in [2.05, 4.69) is 27.7 Å². The fourth-order valence-corrected chi connectivity index (χ4v) is 4.74. The summed E-state index contributed by atoms with van der Waals surface area (Å²) in [5, 5.41) is 13.3. The second-order valence-electron chi connectivity index (χ2n) is 8.88. The van der Waals surface area contributed by atoms with Gasteiger partial charge in [0.15, 0.2) is 0 Å². The molecule has 1 atom stereocenters. The van der Waals surface area contributed by atoms with Crippen LogP contribution in [0.1, 0.15) is 69.0 Å². The lowest BCUT2D eigenvalue weighted by Gasteiger charge is -2.24. The Bertz CT molecular complexity index is 985. The van der Waals surface area contributed by atoms with Crippen LogP contribution in [0.5, 0.6) is 5.75 Å². The molecule has 1 aliphatic rings. The highest BCUT2D eigenvalue weighted by Gasteiger charge is 2.46. The molecule has 0 radical (unpaired) electrons. The molecule has 1 aromatic heterocycles. The van der Waals surface area contributed by atoms with Gasteiger partial charge < -0.3 is 14.7 Å². The minimum Gasteiger partial charge on any atom is -0.507 e. The van der Waals surface area contributed by atoms with Crippen LogP contribution in [0.25, 0.3) is 5.76 Å². The Balaban J connectivity index is 2.18. The number of Topliss-reactive ketones (excluding diaryl/α,β-unsaturated/α-hetero) is 1. The molecular formula is C25H31NO4S. The van der Waals surface area contributed by atoms with Gasteiger partial charge >= 0.3 is 0 Å². The summed E-state index contributed by atoms with van der Waals surface area (Å²) in [4.78, 5) is 28.5. The van der Waals surface area contributed by atoms with Crippen LogP contribution in [0.15, 0.2) is 41.3 Å². The van der Waals surface area contributed by atoms with E-state index < -0.39 is 17.7 Å². The van der Waals surface area contributed by atoms with Gasteiger partial charge in [0, 0.05) is 11.4 Å². The number of nitrogens with zero attached hydrogens (tertiary/aromatic N) is 1. The molecule has 1 unspecified atom stereocenters. The van der Waals surface area contributed by atoms with E-state index in [0.29, 0.717) is 17.9 Å². The monoisotopic (exact) mass is 441 g/mol. The normalized spacial score (nSPS) is 18.6. The van der Waals surface area contributed by atoms with Gasteiger partial charge in [0.2, 0.25) is 0 Å². The van der Waals surface area contributed by atoms with Crippen molar-refractivity contribution in [3.05, 3.63) is 57.3 Å². The highest BCUT2D eigenvalue weighted by atomic mass is 32.1. The molecule has 1 N–H and O–H groups in total. The summed E-state index contributed by atoms with van der Waals surface area (Å²) in [5.41, 5.74) is 1.41. The van der Waals surface area contributed by atoms with Crippen LogP contribution in [0.3, 0.4) is 0 Å². The topological polar surface area (TPSA) is 66.8 Å². The Morgan fingerprint density at radius 1 is 1.19 bits per heavy atom. The predicted octanol–water partition coefficient (Wildman–Crippen LogP) is 5.67. The highest BCUT2D eigenvalue weighted by molar-refractivity contribution is 7.10. The second kappa shape index (κ2) is 9.27. The van der Waals surface area contributed by atoms with Crippen molar-refractivity contribution in [1.82, 2.24) is 4.90 Å². The first-order valence-corrected chi connectivity index (χ1v) is 11.6. The summed E-state index contributed by atoms with van der Waals surface area (Å²) in [6.07, 6.45) is 2.81. The van der Waals surface area contributed by atoms with Crippen LogP contribution < -0.4 is 4.74 Å². The summed E-state index contributed by atoms with van der Waals surface area (Å²) in [7, 11) is 1.53. The maximum Gasteiger partial charge on any atom is 0.295 e. The zero-order valence-electron chi connectivity index (χ0n) is 18.9. The number of ether oxygens (including phenoxy) is 1. The van der Waals surface area contributed by atoms with Crippen molar-refractivity contribution in [2.75, 3.05) is 13.7 Å². The molecule has 3 rings (SSSR count). The molecule has 0 aliphatic carbocycles. The maximum absolute atomic E-state index is 13.1. The second-order valence-corrected chi connectivity index (χ2v) is 9.86. The SMILES string of the molecule is CCCCCN1C(=O)C(=O)/C(=C(/O)c2cc(C(C)(C)C)ccc2OC)C1c1cccs1. The number of hydrogen-bond donors (Lipinski definition) is 1. The fraction of sp³-hybridized carbons (Fsp3) is 0.440. The summed E-state index contributed by atoms with van der Waals surface area (Å²) in [6, 6.07) is 8.82. The maximum atomic E-state index is 13.1. The van der Waals surface area contributed by atoms with Crippen molar-refractivity contribution in [3.8, 4) is 5.75 Å². The molecule has 6 heteroatoms. The number of hydrogen-bond acceptors (Lipinski definition) is 5. The number of rotatable bonds is 7. The number of thiophene rings is 1. The molecule has 0 saturated carbocycles. The van der Waals surface area contributed by atoms with Crippen molar-refractivity contribution in [1.29, 1.82) is 0 Å². The number of likely N-dealkylation sites (tertiary alicyclic amines) is 1. The highest BCUT2D eigenvalue weighted by Crippen LogP contribution is 2.43. The molecule has 1 aliphatic heterocycles. The molecule has 166 valence electrons. The van der Waals surface area contributed by atoms with Crippen LogP contribution in [-0.2, 0) is 15.0 Å². The largest absolute Gasteiger partial charge is 0.507 e. The molecule has 1 amide bonds. The Labute approximate surface area is 188 Å². The van der Waals surface area contributed by atoms with Crippen molar-refractivity contribution in [2.45, 2.75) is 58.4 Å². The van der Waals surface area contributed by atoms with E-state index in [1.165, 1.54) is 18.4 Å². The number of aliphatic hydroxyl groups excluding tert-OH is 1. The summed E-state index contributed by atoms with van der Waals surface area (Å²) in [5.74, 6) is -0.914. The molecule has 0 spiro atoms. The number of ketones is 1. The minimum absolute atomic E-state index is 0.133. The Morgan fingerprint density at radius 2 is 1.94 bits per heavy atom. The van der Waals surface area contributed by atoms with Crippen LogP contribution >= 0.6 is 11.3 Å². The molecule has 1 fully saturated rings. The molecule has 31 heavy (non-hydrogen) atoms.